The summed E-state index contributed by atoms with van der Waals surface area (Å²) < 4.78 is 1.09. The van der Waals surface area contributed by atoms with Crippen LogP contribution in [-0.2, 0) is 0 Å². The Morgan fingerprint density at radius 2 is 2.19 bits per heavy atom. The van der Waals surface area contributed by atoms with E-state index in [1.165, 1.54) is 11.3 Å². The highest BCUT2D eigenvalue weighted by Gasteiger charge is 2.08. The number of amides is 1. The van der Waals surface area contributed by atoms with Crippen LogP contribution in [0.4, 0.5) is 5.69 Å². The number of halogens is 1. The third kappa shape index (κ3) is 2.99. The summed E-state index contributed by atoms with van der Waals surface area (Å²) in [5, 5.41) is 4.69. The zero-order chi connectivity index (χ0) is 11.5. The van der Waals surface area contributed by atoms with E-state index in [9.17, 15) is 4.79 Å². The zero-order valence-electron chi connectivity index (χ0n) is 8.11. The Morgan fingerprint density at radius 1 is 1.38 bits per heavy atom. The third-order valence-corrected chi connectivity index (χ3v) is 3.92. The zero-order valence-corrected chi connectivity index (χ0v) is 12.0. The maximum absolute atomic E-state index is 11.8. The molecule has 16 heavy (non-hydrogen) atoms. The van der Waals surface area contributed by atoms with Crippen molar-refractivity contribution in [2.45, 2.75) is 4.90 Å². The van der Waals surface area contributed by atoms with E-state index in [1.54, 1.807) is 6.07 Å². The molecule has 0 spiro atoms. The van der Waals surface area contributed by atoms with Crippen molar-refractivity contribution in [1.29, 1.82) is 0 Å². The fourth-order valence-electron chi connectivity index (χ4n) is 1.20. The van der Waals surface area contributed by atoms with E-state index >= 15 is 0 Å². The van der Waals surface area contributed by atoms with Crippen molar-refractivity contribution in [2.75, 3.05) is 5.32 Å². The first-order valence-electron chi connectivity index (χ1n) is 4.49. The molecule has 0 unspecified atom stereocenters. The van der Waals surface area contributed by atoms with E-state index < -0.39 is 0 Å². The first kappa shape index (κ1) is 11.9. The maximum Gasteiger partial charge on any atom is 0.265 e. The van der Waals surface area contributed by atoms with Crippen molar-refractivity contribution in [2.24, 2.45) is 0 Å². The van der Waals surface area contributed by atoms with Gasteiger partial charge in [-0.05, 0) is 46.9 Å². The normalized spacial score (nSPS) is 10.1. The first-order valence-corrected chi connectivity index (χ1v) is 6.90. The molecule has 0 saturated carbocycles. The van der Waals surface area contributed by atoms with E-state index in [4.69, 9.17) is 0 Å². The van der Waals surface area contributed by atoms with Gasteiger partial charge in [0.15, 0.2) is 0 Å². The molecule has 2 nitrogen and oxygen atoms in total. The van der Waals surface area contributed by atoms with Crippen LogP contribution in [0.1, 0.15) is 9.67 Å². The smallest absolute Gasteiger partial charge is 0.265 e. The Kier molecular flexibility index (Phi) is 3.88. The van der Waals surface area contributed by atoms with Gasteiger partial charge in [-0.3, -0.25) is 4.79 Å². The van der Waals surface area contributed by atoms with Crippen LogP contribution < -0.4 is 5.32 Å². The second-order valence-electron chi connectivity index (χ2n) is 3.13. The van der Waals surface area contributed by atoms with E-state index in [1.807, 2.05) is 29.6 Å². The minimum absolute atomic E-state index is 0.0905. The van der Waals surface area contributed by atoms with Crippen LogP contribution in [-0.4, -0.2) is 5.91 Å². The number of benzene rings is 1. The number of thiol groups is 1. The fraction of sp³-hybridized carbons (Fsp3) is 0. The number of carbonyl (C=O) groups is 1. The van der Waals surface area contributed by atoms with Gasteiger partial charge in [0, 0.05) is 19.5 Å². The summed E-state index contributed by atoms with van der Waals surface area (Å²) in [5.41, 5.74) is 0.811. The van der Waals surface area contributed by atoms with E-state index in [0.717, 1.165) is 14.2 Å². The van der Waals surface area contributed by atoms with Crippen LogP contribution in [0.25, 0.3) is 0 Å². The molecule has 1 amide bonds. The lowest BCUT2D eigenvalue weighted by atomic mass is 10.3. The Labute approximate surface area is 117 Å². The van der Waals surface area contributed by atoms with Gasteiger partial charge in [0.2, 0.25) is 0 Å². The molecule has 82 valence electrons. The standard InChI is InChI=1S/C11H8INOS2/c12-7-2-1-3-8(4-7)13-11(14)10-5-9(15)6-16-10/h1-6,15H,(H,13,14). The maximum atomic E-state index is 11.8. The molecule has 0 aliphatic heterocycles. The average Bonchev–Trinajstić information content (AvgIpc) is 2.65. The molecular weight excluding hydrogens is 353 g/mol. The highest BCUT2D eigenvalue weighted by Crippen LogP contribution is 2.19. The molecule has 1 heterocycles. The molecule has 1 aromatic heterocycles. The minimum atomic E-state index is -0.0905. The summed E-state index contributed by atoms with van der Waals surface area (Å²) in [5.74, 6) is -0.0905. The predicted molar refractivity (Wildman–Crippen MR) is 78.7 cm³/mol. The van der Waals surface area contributed by atoms with Gasteiger partial charge >= 0.3 is 0 Å². The number of carbonyl (C=O) groups excluding carboxylic acids is 1. The van der Waals surface area contributed by atoms with Gasteiger partial charge in [0.05, 0.1) is 4.88 Å². The van der Waals surface area contributed by atoms with Gasteiger partial charge in [0.1, 0.15) is 0 Å². The SMILES string of the molecule is O=C(Nc1cccc(I)c1)c1cc(S)cs1. The summed E-state index contributed by atoms with van der Waals surface area (Å²) in [7, 11) is 0. The molecule has 0 bridgehead atoms. The summed E-state index contributed by atoms with van der Waals surface area (Å²) in [6.45, 7) is 0. The van der Waals surface area contributed by atoms with E-state index in [-0.39, 0.29) is 5.91 Å². The second-order valence-corrected chi connectivity index (χ2v) is 5.81. The third-order valence-electron chi connectivity index (χ3n) is 1.89. The fourth-order valence-corrected chi connectivity index (χ4v) is 2.79. The van der Waals surface area contributed by atoms with Gasteiger partial charge in [-0.1, -0.05) is 6.07 Å². The highest BCUT2D eigenvalue weighted by molar-refractivity contribution is 14.1. The average molecular weight is 361 g/mol. The molecule has 0 atom stereocenters. The molecule has 1 aromatic carbocycles. The molecule has 0 aliphatic carbocycles. The van der Waals surface area contributed by atoms with Crippen LogP contribution in [0.2, 0.25) is 0 Å². The van der Waals surface area contributed by atoms with Crippen LogP contribution in [0.3, 0.4) is 0 Å². The molecule has 0 fully saturated rings. The lowest BCUT2D eigenvalue weighted by molar-refractivity contribution is 0.103. The monoisotopic (exact) mass is 361 g/mol. The summed E-state index contributed by atoms with van der Waals surface area (Å²) in [6.07, 6.45) is 0. The number of hydrogen-bond donors (Lipinski definition) is 2. The summed E-state index contributed by atoms with van der Waals surface area (Å²) in [4.78, 5) is 13.3. The minimum Gasteiger partial charge on any atom is -0.321 e. The Hall–Kier alpha value is -0.530. The highest BCUT2D eigenvalue weighted by atomic mass is 127. The molecule has 0 saturated heterocycles. The van der Waals surface area contributed by atoms with Gasteiger partial charge < -0.3 is 5.32 Å². The van der Waals surface area contributed by atoms with E-state index in [2.05, 4.69) is 40.5 Å². The van der Waals surface area contributed by atoms with Crippen LogP contribution in [0, 0.1) is 3.57 Å². The van der Waals surface area contributed by atoms with Crippen molar-refractivity contribution in [3.63, 3.8) is 0 Å². The van der Waals surface area contributed by atoms with Gasteiger partial charge in [-0.2, -0.15) is 0 Å². The van der Waals surface area contributed by atoms with Gasteiger partial charge in [-0.25, -0.2) is 0 Å². The molecule has 0 radical (unpaired) electrons. The largest absolute Gasteiger partial charge is 0.321 e. The van der Waals surface area contributed by atoms with Crippen molar-refractivity contribution in [1.82, 2.24) is 0 Å². The Bertz CT molecular complexity index is 524. The second kappa shape index (κ2) is 5.20. The van der Waals surface area contributed by atoms with Gasteiger partial charge in [-0.15, -0.1) is 24.0 Å². The number of rotatable bonds is 2. The number of thiophene rings is 1. The molecule has 1 N–H and O–H groups in total. The van der Waals surface area contributed by atoms with Gasteiger partial charge in [0.25, 0.3) is 5.91 Å². The predicted octanol–water partition coefficient (Wildman–Crippen LogP) is 3.89. The van der Waals surface area contributed by atoms with Crippen molar-refractivity contribution in [3.8, 4) is 0 Å². The topological polar surface area (TPSA) is 29.1 Å². The van der Waals surface area contributed by atoms with E-state index in [0.29, 0.717) is 4.88 Å². The molecular formula is C11H8INOS2. The van der Waals surface area contributed by atoms with Crippen molar-refractivity contribution < 1.29 is 4.79 Å². The van der Waals surface area contributed by atoms with Crippen molar-refractivity contribution in [3.05, 3.63) is 44.2 Å². The number of anilines is 1. The summed E-state index contributed by atoms with van der Waals surface area (Å²) >= 11 is 7.77. The lowest BCUT2D eigenvalue weighted by Gasteiger charge is -2.03. The quantitative estimate of drug-likeness (QED) is 0.617. The Morgan fingerprint density at radius 3 is 2.81 bits per heavy atom. The lowest BCUT2D eigenvalue weighted by Crippen LogP contribution is -2.09. The Balaban J connectivity index is 2.13. The molecule has 5 heteroatoms. The molecule has 0 aliphatic rings. The first-order chi connectivity index (χ1) is 7.65. The number of hydrogen-bond acceptors (Lipinski definition) is 3. The summed E-state index contributed by atoms with van der Waals surface area (Å²) in [6, 6.07) is 9.45. The van der Waals surface area contributed by atoms with Crippen molar-refractivity contribution >= 4 is 58.2 Å². The van der Waals surface area contributed by atoms with Crippen LogP contribution in [0.5, 0.6) is 0 Å². The number of nitrogens with one attached hydrogen (secondary N) is 1. The van der Waals surface area contributed by atoms with Crippen LogP contribution >= 0.6 is 46.6 Å². The molecule has 2 rings (SSSR count). The molecule has 2 aromatic rings. The van der Waals surface area contributed by atoms with Crippen LogP contribution in [0.15, 0.2) is 40.6 Å².